The zero-order valence-electron chi connectivity index (χ0n) is 10.2. The number of aryl methyl sites for hydroxylation is 2. The highest BCUT2D eigenvalue weighted by Gasteiger charge is 2.09. The van der Waals surface area contributed by atoms with Crippen molar-refractivity contribution in [3.8, 4) is 5.75 Å². The molecule has 0 spiro atoms. The van der Waals surface area contributed by atoms with Gasteiger partial charge >= 0.3 is 0 Å². The first-order valence-corrected chi connectivity index (χ1v) is 6.74. The fourth-order valence-corrected chi connectivity index (χ4v) is 2.46. The highest BCUT2D eigenvalue weighted by molar-refractivity contribution is 7.18. The van der Waals surface area contributed by atoms with E-state index in [0.29, 0.717) is 15.0 Å². The van der Waals surface area contributed by atoms with Gasteiger partial charge in [0.2, 0.25) is 5.78 Å². The Bertz CT molecular complexity index is 575. The van der Waals surface area contributed by atoms with Gasteiger partial charge in [-0.3, -0.25) is 4.79 Å². The van der Waals surface area contributed by atoms with Crippen LogP contribution in [0.25, 0.3) is 0 Å². The molecule has 0 fully saturated rings. The molecule has 4 heteroatoms. The predicted octanol–water partition coefficient (Wildman–Crippen LogP) is 4.28. The first kappa shape index (κ1) is 13.1. The van der Waals surface area contributed by atoms with Crippen LogP contribution in [0.4, 0.5) is 0 Å². The van der Waals surface area contributed by atoms with E-state index in [2.05, 4.69) is 0 Å². The molecule has 0 aliphatic heterocycles. The van der Waals surface area contributed by atoms with Gasteiger partial charge in [0.15, 0.2) is 6.61 Å². The summed E-state index contributed by atoms with van der Waals surface area (Å²) in [5.41, 5.74) is 2.36. The highest BCUT2D eigenvalue weighted by atomic mass is 35.5. The van der Waals surface area contributed by atoms with Crippen molar-refractivity contribution < 1.29 is 9.53 Å². The molecule has 0 N–H and O–H groups in total. The third-order valence-corrected chi connectivity index (χ3v) is 3.97. The van der Waals surface area contributed by atoms with Crippen LogP contribution in [-0.4, -0.2) is 12.4 Å². The Kier molecular flexibility index (Phi) is 4.04. The molecule has 1 aromatic carbocycles. The van der Waals surface area contributed by atoms with Crippen LogP contribution in [0.2, 0.25) is 4.34 Å². The van der Waals surface area contributed by atoms with E-state index in [1.165, 1.54) is 16.9 Å². The lowest BCUT2D eigenvalue weighted by Gasteiger charge is -2.07. The van der Waals surface area contributed by atoms with Gasteiger partial charge in [-0.25, -0.2) is 0 Å². The van der Waals surface area contributed by atoms with Gasteiger partial charge in [0, 0.05) is 0 Å². The Morgan fingerprint density at radius 1 is 1.22 bits per heavy atom. The van der Waals surface area contributed by atoms with Gasteiger partial charge in [-0.2, -0.15) is 0 Å². The van der Waals surface area contributed by atoms with Crippen LogP contribution in [0.5, 0.6) is 5.75 Å². The lowest BCUT2D eigenvalue weighted by molar-refractivity contribution is 0.0925. The molecule has 0 saturated heterocycles. The molecule has 0 amide bonds. The largest absolute Gasteiger partial charge is 0.485 e. The number of thiophene rings is 1. The zero-order chi connectivity index (χ0) is 13.1. The summed E-state index contributed by atoms with van der Waals surface area (Å²) in [4.78, 5) is 12.4. The lowest BCUT2D eigenvalue weighted by Crippen LogP contribution is -2.10. The number of carbonyl (C=O) groups is 1. The van der Waals surface area contributed by atoms with Crippen LogP contribution in [0.3, 0.4) is 0 Å². The smallest absolute Gasteiger partial charge is 0.210 e. The van der Waals surface area contributed by atoms with Crippen LogP contribution in [-0.2, 0) is 0 Å². The van der Waals surface area contributed by atoms with Crippen molar-refractivity contribution in [1.82, 2.24) is 0 Å². The molecule has 0 aliphatic rings. The second-order valence-corrected chi connectivity index (χ2v) is 5.78. The van der Waals surface area contributed by atoms with Crippen molar-refractivity contribution in [2.45, 2.75) is 13.8 Å². The topological polar surface area (TPSA) is 26.3 Å². The fourth-order valence-electron chi connectivity index (χ4n) is 1.49. The number of halogens is 1. The third kappa shape index (κ3) is 3.12. The van der Waals surface area contributed by atoms with E-state index in [4.69, 9.17) is 16.3 Å². The summed E-state index contributed by atoms with van der Waals surface area (Å²) in [6.07, 6.45) is 0. The molecule has 0 bridgehead atoms. The molecule has 0 saturated carbocycles. The van der Waals surface area contributed by atoms with Gasteiger partial charge in [-0.05, 0) is 49.2 Å². The third-order valence-electron chi connectivity index (χ3n) is 2.70. The zero-order valence-corrected chi connectivity index (χ0v) is 11.8. The molecule has 0 aliphatic carbocycles. The average Bonchev–Trinajstić information content (AvgIpc) is 2.77. The van der Waals surface area contributed by atoms with Crippen LogP contribution in [0.15, 0.2) is 30.3 Å². The quantitative estimate of drug-likeness (QED) is 0.782. The number of rotatable bonds is 4. The number of ether oxygens (including phenoxy) is 1. The lowest BCUT2D eigenvalue weighted by atomic mass is 10.1. The van der Waals surface area contributed by atoms with Crippen molar-refractivity contribution in [2.75, 3.05) is 6.61 Å². The molecule has 0 unspecified atom stereocenters. The molecular weight excluding hydrogens is 268 g/mol. The van der Waals surface area contributed by atoms with Gasteiger partial charge in [0.05, 0.1) is 9.21 Å². The van der Waals surface area contributed by atoms with E-state index >= 15 is 0 Å². The van der Waals surface area contributed by atoms with Crippen LogP contribution in [0, 0.1) is 13.8 Å². The summed E-state index contributed by atoms with van der Waals surface area (Å²) in [6, 6.07) is 9.23. The molecule has 2 rings (SSSR count). The molecule has 1 aromatic heterocycles. The molecule has 2 nitrogen and oxygen atoms in total. The van der Waals surface area contributed by atoms with Gasteiger partial charge in [0.25, 0.3) is 0 Å². The molecule has 2 aromatic rings. The number of carbonyl (C=O) groups excluding carboxylic acids is 1. The Hall–Kier alpha value is -1.32. The van der Waals surface area contributed by atoms with E-state index in [-0.39, 0.29) is 12.4 Å². The summed E-state index contributed by atoms with van der Waals surface area (Å²) in [7, 11) is 0. The Labute approximate surface area is 115 Å². The molecule has 1 heterocycles. The second kappa shape index (κ2) is 5.55. The number of Topliss-reactive ketones (excluding diaryl/α,β-unsaturated/α-hetero) is 1. The minimum atomic E-state index is -0.0508. The molecule has 94 valence electrons. The van der Waals surface area contributed by atoms with Crippen molar-refractivity contribution in [3.63, 3.8) is 0 Å². The Balaban J connectivity index is 1.99. The van der Waals surface area contributed by atoms with Gasteiger partial charge in [-0.15, -0.1) is 11.3 Å². The maximum Gasteiger partial charge on any atom is 0.210 e. The summed E-state index contributed by atoms with van der Waals surface area (Å²) >= 11 is 7.06. The number of benzene rings is 1. The maximum absolute atomic E-state index is 11.8. The predicted molar refractivity (Wildman–Crippen MR) is 75.1 cm³/mol. The monoisotopic (exact) mass is 280 g/mol. The van der Waals surface area contributed by atoms with E-state index < -0.39 is 0 Å². The van der Waals surface area contributed by atoms with Gasteiger partial charge in [-0.1, -0.05) is 17.7 Å². The Morgan fingerprint density at radius 2 is 2.00 bits per heavy atom. The standard InChI is InChI=1S/C14H13ClO2S/c1-9-3-4-11(7-10(9)2)17-8-12(16)13-5-6-14(15)18-13/h3-7H,8H2,1-2H3. The molecule has 0 atom stereocenters. The minimum Gasteiger partial charge on any atom is -0.485 e. The van der Waals surface area contributed by atoms with E-state index in [0.717, 1.165) is 5.56 Å². The molecular formula is C14H13ClO2S. The fraction of sp³-hybridized carbons (Fsp3) is 0.214. The average molecular weight is 281 g/mol. The van der Waals surface area contributed by atoms with Crippen LogP contribution in [0.1, 0.15) is 20.8 Å². The SMILES string of the molecule is Cc1ccc(OCC(=O)c2ccc(Cl)s2)cc1C. The second-order valence-electron chi connectivity index (χ2n) is 4.06. The van der Waals surface area contributed by atoms with Crippen LogP contribution < -0.4 is 4.74 Å². The van der Waals surface area contributed by atoms with Crippen molar-refractivity contribution in [3.05, 3.63) is 50.7 Å². The number of hydrogen-bond acceptors (Lipinski definition) is 3. The summed E-state index contributed by atoms with van der Waals surface area (Å²) in [6.45, 7) is 4.10. The van der Waals surface area contributed by atoms with Crippen molar-refractivity contribution in [1.29, 1.82) is 0 Å². The van der Waals surface area contributed by atoms with Crippen LogP contribution >= 0.6 is 22.9 Å². The first-order valence-electron chi connectivity index (χ1n) is 5.55. The van der Waals surface area contributed by atoms with Gasteiger partial charge in [0.1, 0.15) is 5.75 Å². The van der Waals surface area contributed by atoms with Gasteiger partial charge < -0.3 is 4.74 Å². The maximum atomic E-state index is 11.8. The molecule has 0 radical (unpaired) electrons. The number of hydrogen-bond donors (Lipinski definition) is 0. The summed E-state index contributed by atoms with van der Waals surface area (Å²) in [5.74, 6) is 0.666. The Morgan fingerprint density at radius 3 is 2.61 bits per heavy atom. The normalized spacial score (nSPS) is 10.4. The number of ketones is 1. The van der Waals surface area contributed by atoms with Crippen molar-refractivity contribution >= 4 is 28.7 Å². The highest BCUT2D eigenvalue weighted by Crippen LogP contribution is 2.22. The van der Waals surface area contributed by atoms with E-state index in [1.807, 2.05) is 32.0 Å². The first-order chi connectivity index (χ1) is 8.56. The summed E-state index contributed by atoms with van der Waals surface area (Å²) in [5, 5.41) is 0. The van der Waals surface area contributed by atoms with Crippen molar-refractivity contribution in [2.24, 2.45) is 0 Å². The summed E-state index contributed by atoms with van der Waals surface area (Å²) < 4.78 is 6.10. The minimum absolute atomic E-state index is 0.0410. The van der Waals surface area contributed by atoms with E-state index in [1.54, 1.807) is 12.1 Å². The molecule has 18 heavy (non-hydrogen) atoms. The van der Waals surface area contributed by atoms with E-state index in [9.17, 15) is 4.79 Å².